The quantitative estimate of drug-likeness (QED) is 0.874. The highest BCUT2D eigenvalue weighted by Gasteiger charge is 2.32. The van der Waals surface area contributed by atoms with E-state index >= 15 is 0 Å². The van der Waals surface area contributed by atoms with E-state index in [1.165, 1.54) is 5.69 Å². The van der Waals surface area contributed by atoms with Gasteiger partial charge in [0.15, 0.2) is 0 Å². The van der Waals surface area contributed by atoms with Gasteiger partial charge >= 0.3 is 0 Å². The summed E-state index contributed by atoms with van der Waals surface area (Å²) < 4.78 is 7.42. The first kappa shape index (κ1) is 11.1. The maximum absolute atomic E-state index is 11.6. The zero-order valence-corrected chi connectivity index (χ0v) is 10.6. The first-order valence-corrected chi connectivity index (χ1v) is 6.08. The number of ether oxygens (including phenoxy) is 1. The smallest absolute Gasteiger partial charge is 0.225 e. The Morgan fingerprint density at radius 2 is 2.28 bits per heavy atom. The second-order valence-corrected chi connectivity index (χ2v) is 4.80. The lowest BCUT2D eigenvalue weighted by Crippen LogP contribution is -2.19. The van der Waals surface area contributed by atoms with Crippen LogP contribution in [0.3, 0.4) is 0 Å². The molecule has 1 aromatic carbocycles. The van der Waals surface area contributed by atoms with E-state index in [2.05, 4.69) is 4.57 Å². The van der Waals surface area contributed by atoms with Crippen molar-refractivity contribution in [2.24, 2.45) is 12.8 Å². The van der Waals surface area contributed by atoms with Crippen molar-refractivity contribution in [2.75, 3.05) is 7.11 Å². The van der Waals surface area contributed by atoms with Crippen LogP contribution in [0.1, 0.15) is 23.6 Å². The van der Waals surface area contributed by atoms with E-state index in [-0.39, 0.29) is 11.8 Å². The summed E-state index contributed by atoms with van der Waals surface area (Å²) in [6, 6.07) is 5.97. The maximum Gasteiger partial charge on any atom is 0.225 e. The van der Waals surface area contributed by atoms with Gasteiger partial charge in [0.05, 0.1) is 13.0 Å². The lowest BCUT2D eigenvalue weighted by Gasteiger charge is -2.07. The number of nitrogens with zero attached hydrogens (tertiary/aromatic N) is 1. The van der Waals surface area contributed by atoms with Crippen LogP contribution in [0.5, 0.6) is 5.75 Å². The fraction of sp³-hybridized carbons (Fsp3) is 0.357. The van der Waals surface area contributed by atoms with E-state index in [1.807, 2.05) is 25.2 Å². The van der Waals surface area contributed by atoms with Gasteiger partial charge in [0, 0.05) is 23.6 Å². The molecule has 0 radical (unpaired) electrons. The zero-order valence-electron chi connectivity index (χ0n) is 10.6. The molecule has 2 N–H and O–H groups in total. The van der Waals surface area contributed by atoms with E-state index in [9.17, 15) is 4.79 Å². The maximum atomic E-state index is 11.6. The van der Waals surface area contributed by atoms with Gasteiger partial charge in [0.1, 0.15) is 5.75 Å². The molecular weight excluding hydrogens is 228 g/mol. The molecule has 2 aromatic rings. The van der Waals surface area contributed by atoms with Gasteiger partial charge in [-0.05, 0) is 36.6 Å². The average molecular weight is 244 g/mol. The Morgan fingerprint density at radius 1 is 1.50 bits per heavy atom. The molecule has 1 atom stereocenters. The van der Waals surface area contributed by atoms with E-state index in [1.54, 1.807) is 7.11 Å². The summed E-state index contributed by atoms with van der Waals surface area (Å²) in [7, 11) is 3.69. The van der Waals surface area contributed by atoms with E-state index in [0.29, 0.717) is 0 Å². The molecule has 4 nitrogen and oxygen atoms in total. The van der Waals surface area contributed by atoms with Crippen LogP contribution >= 0.6 is 0 Å². The number of carbonyl (C=O) groups is 1. The number of amides is 1. The van der Waals surface area contributed by atoms with Crippen LogP contribution < -0.4 is 10.5 Å². The predicted octanol–water partition coefficient (Wildman–Crippen LogP) is 1.70. The molecule has 0 fully saturated rings. The van der Waals surface area contributed by atoms with Crippen LogP contribution in [0.15, 0.2) is 18.2 Å². The summed E-state index contributed by atoms with van der Waals surface area (Å²) >= 11 is 0. The molecule has 1 heterocycles. The van der Waals surface area contributed by atoms with E-state index in [4.69, 9.17) is 10.5 Å². The normalized spacial score (nSPS) is 18.0. The number of carbonyl (C=O) groups excluding carboxylic acids is 1. The first-order valence-electron chi connectivity index (χ1n) is 6.08. The van der Waals surface area contributed by atoms with E-state index < -0.39 is 0 Å². The van der Waals surface area contributed by atoms with Gasteiger partial charge in [-0.1, -0.05) is 0 Å². The number of methoxy groups -OCH3 is 1. The monoisotopic (exact) mass is 244 g/mol. The van der Waals surface area contributed by atoms with E-state index in [0.717, 1.165) is 35.1 Å². The van der Waals surface area contributed by atoms with Gasteiger partial charge in [-0.3, -0.25) is 4.79 Å². The summed E-state index contributed by atoms with van der Waals surface area (Å²) in [5, 5.41) is 1.09. The third kappa shape index (κ3) is 1.35. The number of fused-ring (bicyclic) bond motifs is 3. The lowest BCUT2D eigenvalue weighted by atomic mass is 9.99. The molecule has 1 amide bonds. The van der Waals surface area contributed by atoms with Crippen molar-refractivity contribution in [1.82, 2.24) is 4.57 Å². The van der Waals surface area contributed by atoms with Crippen LogP contribution in [0.25, 0.3) is 10.9 Å². The van der Waals surface area contributed by atoms with Gasteiger partial charge in [-0.2, -0.15) is 0 Å². The van der Waals surface area contributed by atoms with Crippen molar-refractivity contribution >= 4 is 16.8 Å². The molecule has 1 aliphatic carbocycles. The lowest BCUT2D eigenvalue weighted by molar-refractivity contribution is -0.119. The number of aromatic nitrogens is 1. The predicted molar refractivity (Wildman–Crippen MR) is 69.7 cm³/mol. The van der Waals surface area contributed by atoms with Crippen molar-refractivity contribution in [2.45, 2.75) is 18.8 Å². The van der Waals surface area contributed by atoms with Crippen molar-refractivity contribution in [3.05, 3.63) is 29.5 Å². The molecule has 0 saturated carbocycles. The third-order valence-corrected chi connectivity index (χ3v) is 3.93. The number of aryl methyl sites for hydroxylation is 1. The zero-order chi connectivity index (χ0) is 12.9. The molecule has 0 spiro atoms. The van der Waals surface area contributed by atoms with Crippen molar-refractivity contribution in [3.8, 4) is 5.75 Å². The largest absolute Gasteiger partial charge is 0.497 e. The van der Waals surface area contributed by atoms with Crippen LogP contribution in [-0.2, 0) is 18.3 Å². The Kier molecular flexibility index (Phi) is 2.33. The second kappa shape index (κ2) is 3.77. The van der Waals surface area contributed by atoms with Gasteiger partial charge < -0.3 is 15.0 Å². The molecule has 18 heavy (non-hydrogen) atoms. The Morgan fingerprint density at radius 3 is 2.94 bits per heavy atom. The highest BCUT2D eigenvalue weighted by atomic mass is 16.5. The molecule has 1 aliphatic rings. The topological polar surface area (TPSA) is 57.2 Å². The third-order valence-electron chi connectivity index (χ3n) is 3.93. The molecule has 1 aromatic heterocycles. The molecule has 3 rings (SSSR count). The number of nitrogens with two attached hydrogens (primary N) is 1. The SMILES string of the molecule is COc1ccc2c(c1)c1c(n2C)CCC1C(N)=O. The van der Waals surface area contributed by atoms with Crippen LogP contribution in [0, 0.1) is 0 Å². The number of rotatable bonds is 2. The molecule has 1 unspecified atom stereocenters. The molecule has 0 aliphatic heterocycles. The average Bonchev–Trinajstić information content (AvgIpc) is 2.90. The number of hydrogen-bond acceptors (Lipinski definition) is 2. The minimum absolute atomic E-state index is 0.157. The fourth-order valence-corrected chi connectivity index (χ4v) is 3.03. The Labute approximate surface area is 105 Å². The molecule has 0 saturated heterocycles. The van der Waals surface area contributed by atoms with Gasteiger partial charge in [-0.25, -0.2) is 0 Å². The van der Waals surface area contributed by atoms with Gasteiger partial charge in [0.25, 0.3) is 0 Å². The van der Waals surface area contributed by atoms with Crippen molar-refractivity contribution in [1.29, 1.82) is 0 Å². The fourth-order valence-electron chi connectivity index (χ4n) is 3.03. The van der Waals surface area contributed by atoms with Crippen LogP contribution in [0.2, 0.25) is 0 Å². The second-order valence-electron chi connectivity index (χ2n) is 4.80. The summed E-state index contributed by atoms with van der Waals surface area (Å²) in [6.07, 6.45) is 1.73. The van der Waals surface area contributed by atoms with Crippen molar-refractivity contribution < 1.29 is 9.53 Å². The highest BCUT2D eigenvalue weighted by Crippen LogP contribution is 2.41. The summed E-state index contributed by atoms with van der Waals surface area (Å²) in [4.78, 5) is 11.6. The van der Waals surface area contributed by atoms with Gasteiger partial charge in [-0.15, -0.1) is 0 Å². The van der Waals surface area contributed by atoms with Crippen LogP contribution in [0.4, 0.5) is 0 Å². The van der Waals surface area contributed by atoms with Crippen molar-refractivity contribution in [3.63, 3.8) is 0 Å². The highest BCUT2D eigenvalue weighted by molar-refractivity contribution is 5.94. The summed E-state index contributed by atoms with van der Waals surface area (Å²) in [6.45, 7) is 0. The van der Waals surface area contributed by atoms with Crippen LogP contribution in [-0.4, -0.2) is 17.6 Å². The summed E-state index contributed by atoms with van der Waals surface area (Å²) in [5.41, 5.74) is 8.96. The number of hydrogen-bond donors (Lipinski definition) is 1. The van der Waals surface area contributed by atoms with Gasteiger partial charge in [0.2, 0.25) is 5.91 Å². The number of benzene rings is 1. The Balaban J connectivity index is 2.31. The Hall–Kier alpha value is -1.97. The molecule has 0 bridgehead atoms. The molecule has 4 heteroatoms. The first-order chi connectivity index (χ1) is 8.63. The Bertz CT molecular complexity index is 643. The molecule has 94 valence electrons. The summed E-state index contributed by atoms with van der Waals surface area (Å²) in [5.74, 6) is 0.422. The standard InChI is InChI=1S/C14H16N2O2/c1-16-11-5-3-8(18-2)7-10(11)13-9(14(15)17)4-6-12(13)16/h3,5,7,9H,4,6H2,1-2H3,(H2,15,17). The molecular formula is C14H16N2O2. The minimum atomic E-state index is -0.232. The minimum Gasteiger partial charge on any atom is -0.497 e. The number of primary amides is 1.